The Kier molecular flexibility index (Phi) is 41.8. The molecule has 0 radical (unpaired) electrons. The first kappa shape index (κ1) is 52.7. The highest BCUT2D eigenvalue weighted by Crippen LogP contribution is 2.43. The van der Waals surface area contributed by atoms with E-state index in [2.05, 4.69) is 50.3 Å². The van der Waals surface area contributed by atoms with Gasteiger partial charge in [0.1, 0.15) is 6.10 Å². The lowest BCUT2D eigenvalue weighted by atomic mass is 10.0. The Morgan fingerprint density at radius 2 is 0.981 bits per heavy atom. The number of allylic oxidation sites excluding steroid dienone is 6. The smallest absolute Gasteiger partial charge is 0.457 e. The van der Waals surface area contributed by atoms with Gasteiger partial charge in [-0.1, -0.05) is 185 Å². The summed E-state index contributed by atoms with van der Waals surface area (Å²) in [7, 11) is -4.28. The average Bonchev–Trinajstić information content (AvgIpc) is 3.16. The Bertz CT molecular complexity index is 926. The summed E-state index contributed by atoms with van der Waals surface area (Å²) < 4.78 is 33.5. The average molecular weight is 784 g/mol. The first-order valence-electron chi connectivity index (χ1n) is 22.5. The van der Waals surface area contributed by atoms with E-state index in [1.165, 1.54) is 128 Å². The largest absolute Gasteiger partial charge is 0.472 e. The zero-order valence-corrected chi connectivity index (χ0v) is 36.1. The molecule has 0 aromatic rings. The molecule has 0 spiro atoms. The molecule has 0 aromatic carbocycles. The zero-order valence-electron chi connectivity index (χ0n) is 35.2. The molecular formula is C45H86NO7P. The standard InChI is InChI=1S/C45H86NO7P/c1-3-5-7-9-11-13-15-17-19-21-22-23-24-26-28-30-32-34-36-38-45(47)53-44(43-52-54(48,49)51-41-39-46)42-50-40-37-35-33-31-29-27-25-20-18-16-14-12-10-8-6-4-2/h11,13,17,19,22-23,44H,3-10,12,14-16,18,20-21,24-43,46H2,1-2H3,(H,48,49)/b13-11-,19-17-,23-22-. The van der Waals surface area contributed by atoms with Crippen molar-refractivity contribution in [2.24, 2.45) is 5.73 Å². The second-order valence-corrected chi connectivity index (χ2v) is 16.4. The van der Waals surface area contributed by atoms with E-state index in [9.17, 15) is 14.3 Å². The summed E-state index contributed by atoms with van der Waals surface area (Å²) in [6.45, 7) is 4.91. The van der Waals surface area contributed by atoms with Crippen LogP contribution in [0.5, 0.6) is 0 Å². The minimum Gasteiger partial charge on any atom is -0.457 e. The topological polar surface area (TPSA) is 117 Å². The maximum atomic E-state index is 12.6. The summed E-state index contributed by atoms with van der Waals surface area (Å²) in [5, 5.41) is 0. The van der Waals surface area contributed by atoms with E-state index in [0.717, 1.165) is 57.8 Å². The number of hydrogen-bond acceptors (Lipinski definition) is 7. The Hall–Kier alpha value is -1.28. The van der Waals surface area contributed by atoms with Crippen LogP contribution in [-0.4, -0.2) is 49.9 Å². The van der Waals surface area contributed by atoms with Gasteiger partial charge in [-0.15, -0.1) is 0 Å². The van der Waals surface area contributed by atoms with Crippen molar-refractivity contribution in [3.05, 3.63) is 36.5 Å². The van der Waals surface area contributed by atoms with Gasteiger partial charge in [-0.3, -0.25) is 13.8 Å². The van der Waals surface area contributed by atoms with Crippen molar-refractivity contribution in [3.63, 3.8) is 0 Å². The molecule has 318 valence electrons. The highest BCUT2D eigenvalue weighted by atomic mass is 31.2. The highest BCUT2D eigenvalue weighted by Gasteiger charge is 2.25. The van der Waals surface area contributed by atoms with Crippen molar-refractivity contribution in [1.29, 1.82) is 0 Å². The third-order valence-corrected chi connectivity index (χ3v) is 10.5. The van der Waals surface area contributed by atoms with E-state index in [-0.39, 0.29) is 32.3 Å². The zero-order chi connectivity index (χ0) is 39.5. The number of nitrogens with two attached hydrogens (primary N) is 1. The molecule has 3 N–H and O–H groups in total. The fourth-order valence-corrected chi connectivity index (χ4v) is 7.00. The molecule has 2 atom stereocenters. The predicted octanol–water partition coefficient (Wildman–Crippen LogP) is 13.4. The quantitative estimate of drug-likeness (QED) is 0.0272. The van der Waals surface area contributed by atoms with Crippen LogP contribution in [0.15, 0.2) is 36.5 Å². The predicted molar refractivity (Wildman–Crippen MR) is 229 cm³/mol. The number of hydrogen-bond donors (Lipinski definition) is 2. The Morgan fingerprint density at radius 1 is 0.556 bits per heavy atom. The van der Waals surface area contributed by atoms with Crippen molar-refractivity contribution < 1.29 is 32.8 Å². The number of esters is 1. The van der Waals surface area contributed by atoms with Crippen LogP contribution < -0.4 is 5.73 Å². The number of phosphoric ester groups is 1. The van der Waals surface area contributed by atoms with Crippen molar-refractivity contribution in [1.82, 2.24) is 0 Å². The number of phosphoric acid groups is 1. The molecule has 9 heteroatoms. The molecule has 0 aliphatic rings. The molecule has 0 amide bonds. The van der Waals surface area contributed by atoms with Gasteiger partial charge in [0.25, 0.3) is 0 Å². The van der Waals surface area contributed by atoms with E-state index in [1.54, 1.807) is 0 Å². The number of carbonyl (C=O) groups is 1. The summed E-state index contributed by atoms with van der Waals surface area (Å²) in [4.78, 5) is 22.5. The maximum absolute atomic E-state index is 12.6. The van der Waals surface area contributed by atoms with Gasteiger partial charge in [-0.05, 0) is 51.4 Å². The van der Waals surface area contributed by atoms with Gasteiger partial charge in [-0.25, -0.2) is 4.57 Å². The van der Waals surface area contributed by atoms with Gasteiger partial charge >= 0.3 is 13.8 Å². The third-order valence-electron chi connectivity index (χ3n) is 9.56. The molecule has 0 aromatic heterocycles. The lowest BCUT2D eigenvalue weighted by Gasteiger charge is -2.20. The summed E-state index contributed by atoms with van der Waals surface area (Å²) >= 11 is 0. The van der Waals surface area contributed by atoms with Crippen LogP contribution in [-0.2, 0) is 27.9 Å². The summed E-state index contributed by atoms with van der Waals surface area (Å²) in [6, 6.07) is 0. The maximum Gasteiger partial charge on any atom is 0.472 e. The van der Waals surface area contributed by atoms with Gasteiger partial charge in [-0.2, -0.15) is 0 Å². The van der Waals surface area contributed by atoms with Crippen LogP contribution in [0, 0.1) is 0 Å². The lowest BCUT2D eigenvalue weighted by Crippen LogP contribution is -2.28. The van der Waals surface area contributed by atoms with Crippen molar-refractivity contribution in [2.75, 3.05) is 33.0 Å². The molecule has 0 fully saturated rings. The van der Waals surface area contributed by atoms with Crippen LogP contribution >= 0.6 is 7.82 Å². The monoisotopic (exact) mass is 784 g/mol. The van der Waals surface area contributed by atoms with E-state index in [4.69, 9.17) is 24.3 Å². The molecule has 0 bridgehead atoms. The van der Waals surface area contributed by atoms with Crippen molar-refractivity contribution in [2.45, 2.75) is 213 Å². The fourth-order valence-electron chi connectivity index (χ4n) is 6.24. The van der Waals surface area contributed by atoms with E-state index < -0.39 is 13.9 Å². The van der Waals surface area contributed by atoms with E-state index >= 15 is 0 Å². The van der Waals surface area contributed by atoms with Crippen LogP contribution in [0.25, 0.3) is 0 Å². The van der Waals surface area contributed by atoms with Crippen molar-refractivity contribution in [3.8, 4) is 0 Å². The number of ether oxygens (including phenoxy) is 2. The SMILES string of the molecule is CCCCC/C=C\C/C=C\C/C=C\CCCCCCCCC(=O)OC(COCCCCCCCCCCCCCCCCCC)COP(=O)(O)OCCN. The summed E-state index contributed by atoms with van der Waals surface area (Å²) in [5.41, 5.74) is 5.37. The molecule has 0 aliphatic carbocycles. The van der Waals surface area contributed by atoms with Gasteiger partial charge in [0, 0.05) is 19.6 Å². The second-order valence-electron chi connectivity index (χ2n) is 14.9. The van der Waals surface area contributed by atoms with E-state index in [1.807, 2.05) is 0 Å². The van der Waals surface area contributed by atoms with Gasteiger partial charge < -0.3 is 20.1 Å². The first-order chi connectivity index (χ1) is 26.4. The number of rotatable bonds is 43. The van der Waals surface area contributed by atoms with Crippen LogP contribution in [0.1, 0.15) is 206 Å². The number of unbranched alkanes of at least 4 members (excludes halogenated alkanes) is 24. The van der Waals surface area contributed by atoms with Gasteiger partial charge in [0.2, 0.25) is 0 Å². The van der Waals surface area contributed by atoms with Gasteiger partial charge in [0.15, 0.2) is 0 Å². The minimum atomic E-state index is -4.28. The van der Waals surface area contributed by atoms with Crippen LogP contribution in [0.3, 0.4) is 0 Å². The summed E-state index contributed by atoms with van der Waals surface area (Å²) in [6.07, 6.45) is 48.7. The molecule has 0 saturated carbocycles. The van der Waals surface area contributed by atoms with Crippen LogP contribution in [0.4, 0.5) is 0 Å². The highest BCUT2D eigenvalue weighted by molar-refractivity contribution is 7.47. The second kappa shape index (κ2) is 42.9. The normalized spacial score (nSPS) is 13.8. The Morgan fingerprint density at radius 3 is 1.50 bits per heavy atom. The lowest BCUT2D eigenvalue weighted by molar-refractivity contribution is -0.154. The fraction of sp³-hybridized carbons (Fsp3) is 0.844. The van der Waals surface area contributed by atoms with Gasteiger partial charge in [0.05, 0.1) is 19.8 Å². The van der Waals surface area contributed by atoms with E-state index in [0.29, 0.717) is 13.0 Å². The molecule has 0 heterocycles. The van der Waals surface area contributed by atoms with Crippen molar-refractivity contribution >= 4 is 13.8 Å². The van der Waals surface area contributed by atoms with Crippen LogP contribution in [0.2, 0.25) is 0 Å². The Balaban J connectivity index is 4.03. The molecule has 0 aliphatic heterocycles. The number of carbonyl (C=O) groups excluding carboxylic acids is 1. The Labute approximate surface area is 333 Å². The first-order valence-corrected chi connectivity index (χ1v) is 24.0. The molecule has 8 nitrogen and oxygen atoms in total. The minimum absolute atomic E-state index is 0.0974. The third kappa shape index (κ3) is 41.9. The molecule has 2 unspecified atom stereocenters. The molecule has 0 rings (SSSR count). The molecular weight excluding hydrogens is 697 g/mol. The molecule has 0 saturated heterocycles. The summed E-state index contributed by atoms with van der Waals surface area (Å²) in [5.74, 6) is -0.340. The molecule has 54 heavy (non-hydrogen) atoms.